The number of carbonyl (C=O) groups excluding carboxylic acids is 2. The van der Waals surface area contributed by atoms with Gasteiger partial charge in [-0.25, -0.2) is 13.6 Å². The van der Waals surface area contributed by atoms with E-state index in [2.05, 4.69) is 10.6 Å². The van der Waals surface area contributed by atoms with Crippen LogP contribution in [0.2, 0.25) is 0 Å². The first-order chi connectivity index (χ1) is 13.9. The number of amides is 3. The fourth-order valence-corrected chi connectivity index (χ4v) is 3.43. The summed E-state index contributed by atoms with van der Waals surface area (Å²) in [7, 11) is 0. The number of rotatable bonds is 5. The van der Waals surface area contributed by atoms with Crippen molar-refractivity contribution >= 4 is 17.6 Å². The molecule has 0 saturated carbocycles. The van der Waals surface area contributed by atoms with Crippen LogP contribution in [0.25, 0.3) is 0 Å². The summed E-state index contributed by atoms with van der Waals surface area (Å²) >= 11 is 0. The molecule has 1 fully saturated rings. The molecule has 29 heavy (non-hydrogen) atoms. The molecule has 154 valence electrons. The van der Waals surface area contributed by atoms with Crippen LogP contribution in [-0.2, 0) is 0 Å². The molecule has 1 saturated heterocycles. The fraction of sp³-hybridized carbons (Fsp3) is 0.364. The van der Waals surface area contributed by atoms with Crippen molar-refractivity contribution in [2.75, 3.05) is 25.0 Å². The van der Waals surface area contributed by atoms with E-state index in [1.807, 2.05) is 0 Å². The minimum Gasteiger partial charge on any atom is -0.352 e. The number of hydrogen-bond donors (Lipinski definition) is 2. The Labute approximate surface area is 169 Å². The van der Waals surface area contributed by atoms with Gasteiger partial charge in [-0.05, 0) is 61.9 Å². The molecule has 0 bridgehead atoms. The smallest absolute Gasteiger partial charge is 0.321 e. The predicted molar refractivity (Wildman–Crippen MR) is 108 cm³/mol. The van der Waals surface area contributed by atoms with E-state index in [4.69, 9.17) is 0 Å². The van der Waals surface area contributed by atoms with Crippen LogP contribution >= 0.6 is 0 Å². The molecule has 0 aliphatic carbocycles. The molecule has 2 aromatic carbocycles. The standard InChI is InChI=1S/C22H25F2N3O2/c1-15-6-7-17(14-20(15)24)26-22(29)27-12-9-16(10-13-27)8-11-25-21(28)18-4-2-3-5-19(18)23/h2-7,14,16H,8-13H2,1H3,(H,25,28)(H,26,29). The van der Waals surface area contributed by atoms with Crippen molar-refractivity contribution in [1.82, 2.24) is 10.2 Å². The number of halogens is 2. The molecule has 3 amide bonds. The molecule has 2 N–H and O–H groups in total. The summed E-state index contributed by atoms with van der Waals surface area (Å²) in [6.07, 6.45) is 2.43. The van der Waals surface area contributed by atoms with Crippen molar-refractivity contribution in [2.45, 2.75) is 26.2 Å². The van der Waals surface area contributed by atoms with Crippen LogP contribution in [-0.4, -0.2) is 36.5 Å². The minimum atomic E-state index is -0.530. The lowest BCUT2D eigenvalue weighted by Gasteiger charge is -2.32. The van der Waals surface area contributed by atoms with Gasteiger partial charge in [-0.2, -0.15) is 0 Å². The largest absolute Gasteiger partial charge is 0.352 e. The number of anilines is 1. The van der Waals surface area contributed by atoms with Crippen molar-refractivity contribution < 1.29 is 18.4 Å². The molecule has 7 heteroatoms. The second kappa shape index (κ2) is 9.49. The first kappa shape index (κ1) is 20.8. The van der Waals surface area contributed by atoms with Gasteiger partial charge >= 0.3 is 6.03 Å². The summed E-state index contributed by atoms with van der Waals surface area (Å²) < 4.78 is 27.2. The van der Waals surface area contributed by atoms with Gasteiger partial charge < -0.3 is 15.5 Å². The molecule has 1 aliphatic rings. The van der Waals surface area contributed by atoms with E-state index in [9.17, 15) is 18.4 Å². The Morgan fingerprint density at radius 2 is 1.79 bits per heavy atom. The van der Waals surface area contributed by atoms with Crippen LogP contribution in [0, 0.1) is 24.5 Å². The lowest BCUT2D eigenvalue weighted by Crippen LogP contribution is -2.41. The third-order valence-electron chi connectivity index (χ3n) is 5.28. The second-order valence-electron chi connectivity index (χ2n) is 7.35. The second-order valence-corrected chi connectivity index (χ2v) is 7.35. The summed E-state index contributed by atoms with van der Waals surface area (Å²) in [5.41, 5.74) is 1.02. The number of nitrogens with one attached hydrogen (secondary N) is 2. The van der Waals surface area contributed by atoms with Crippen molar-refractivity contribution in [2.24, 2.45) is 5.92 Å². The number of carbonyl (C=O) groups is 2. The Kier molecular flexibility index (Phi) is 6.80. The zero-order valence-electron chi connectivity index (χ0n) is 16.4. The Morgan fingerprint density at radius 1 is 1.07 bits per heavy atom. The number of likely N-dealkylation sites (tertiary alicyclic amines) is 1. The van der Waals surface area contributed by atoms with Crippen molar-refractivity contribution in [3.63, 3.8) is 0 Å². The maximum atomic E-state index is 13.6. The highest BCUT2D eigenvalue weighted by Gasteiger charge is 2.23. The van der Waals surface area contributed by atoms with E-state index < -0.39 is 11.7 Å². The third kappa shape index (κ3) is 5.53. The highest BCUT2D eigenvalue weighted by Crippen LogP contribution is 2.21. The van der Waals surface area contributed by atoms with Gasteiger partial charge in [-0.1, -0.05) is 18.2 Å². The quantitative estimate of drug-likeness (QED) is 0.783. The molecule has 0 radical (unpaired) electrons. The molecule has 5 nitrogen and oxygen atoms in total. The molecule has 3 rings (SSSR count). The maximum absolute atomic E-state index is 13.6. The maximum Gasteiger partial charge on any atom is 0.321 e. The van der Waals surface area contributed by atoms with Gasteiger partial charge in [0.2, 0.25) is 0 Å². The van der Waals surface area contributed by atoms with Crippen LogP contribution in [0.5, 0.6) is 0 Å². The summed E-state index contributed by atoms with van der Waals surface area (Å²) in [5, 5.41) is 5.49. The van der Waals surface area contributed by atoms with Gasteiger partial charge in [0.05, 0.1) is 5.56 Å². The molecule has 0 atom stereocenters. The van der Waals surface area contributed by atoms with Crippen LogP contribution in [0.1, 0.15) is 35.2 Å². The lowest BCUT2D eigenvalue weighted by atomic mass is 9.93. The van der Waals surface area contributed by atoms with E-state index >= 15 is 0 Å². The van der Waals surface area contributed by atoms with Crippen LogP contribution in [0.4, 0.5) is 19.3 Å². The normalized spacial score (nSPS) is 14.5. The monoisotopic (exact) mass is 401 g/mol. The molecule has 1 aliphatic heterocycles. The molecule has 2 aromatic rings. The first-order valence-electron chi connectivity index (χ1n) is 9.79. The fourth-order valence-electron chi connectivity index (χ4n) is 3.43. The van der Waals surface area contributed by atoms with E-state index in [1.165, 1.54) is 18.2 Å². The average Bonchev–Trinajstić information content (AvgIpc) is 2.71. The number of hydrogen-bond acceptors (Lipinski definition) is 2. The van der Waals surface area contributed by atoms with Gasteiger partial charge in [-0.3, -0.25) is 4.79 Å². The number of nitrogens with zero attached hydrogens (tertiary/aromatic N) is 1. The first-order valence-corrected chi connectivity index (χ1v) is 9.79. The molecule has 1 heterocycles. The predicted octanol–water partition coefficient (Wildman–Crippen LogP) is 4.34. The molecule has 0 aromatic heterocycles. The highest BCUT2D eigenvalue weighted by atomic mass is 19.1. The molecular weight excluding hydrogens is 376 g/mol. The van der Waals surface area contributed by atoms with Gasteiger partial charge in [-0.15, -0.1) is 0 Å². The van der Waals surface area contributed by atoms with Crippen molar-refractivity contribution in [1.29, 1.82) is 0 Å². The molecular formula is C22H25F2N3O2. The third-order valence-corrected chi connectivity index (χ3v) is 5.28. The summed E-state index contributed by atoms with van der Waals surface area (Å²) in [6, 6.07) is 10.3. The Hall–Kier alpha value is -2.96. The Balaban J connectivity index is 1.40. The molecule has 0 spiro atoms. The zero-order chi connectivity index (χ0) is 20.8. The van der Waals surface area contributed by atoms with E-state index in [0.717, 1.165) is 19.3 Å². The Morgan fingerprint density at radius 3 is 2.48 bits per heavy atom. The Bertz CT molecular complexity index is 880. The number of aryl methyl sites for hydroxylation is 1. The van der Waals surface area contributed by atoms with Gasteiger partial charge in [0.15, 0.2) is 0 Å². The number of urea groups is 1. The highest BCUT2D eigenvalue weighted by molar-refractivity contribution is 5.94. The van der Waals surface area contributed by atoms with Gasteiger partial charge in [0.1, 0.15) is 11.6 Å². The zero-order valence-corrected chi connectivity index (χ0v) is 16.4. The molecule has 0 unspecified atom stereocenters. The van der Waals surface area contributed by atoms with E-state index in [-0.39, 0.29) is 17.4 Å². The summed E-state index contributed by atoms with van der Waals surface area (Å²) in [5.74, 6) is -0.904. The van der Waals surface area contributed by atoms with Gasteiger partial charge in [0.25, 0.3) is 5.91 Å². The number of piperidine rings is 1. The van der Waals surface area contributed by atoms with E-state index in [0.29, 0.717) is 36.8 Å². The van der Waals surface area contributed by atoms with Crippen LogP contribution in [0.3, 0.4) is 0 Å². The lowest BCUT2D eigenvalue weighted by molar-refractivity contribution is 0.0945. The SMILES string of the molecule is Cc1ccc(NC(=O)N2CCC(CCNC(=O)c3ccccc3F)CC2)cc1F. The summed E-state index contributed by atoms with van der Waals surface area (Å²) in [6.45, 7) is 3.34. The topological polar surface area (TPSA) is 61.4 Å². The van der Waals surface area contributed by atoms with Crippen LogP contribution < -0.4 is 10.6 Å². The number of benzene rings is 2. The van der Waals surface area contributed by atoms with Gasteiger partial charge in [0, 0.05) is 25.3 Å². The average molecular weight is 401 g/mol. The van der Waals surface area contributed by atoms with E-state index in [1.54, 1.807) is 36.1 Å². The van der Waals surface area contributed by atoms with Crippen LogP contribution in [0.15, 0.2) is 42.5 Å². The van der Waals surface area contributed by atoms with Crippen molar-refractivity contribution in [3.05, 3.63) is 65.2 Å². The minimum absolute atomic E-state index is 0.0477. The van der Waals surface area contributed by atoms with Crippen molar-refractivity contribution in [3.8, 4) is 0 Å². The summed E-state index contributed by atoms with van der Waals surface area (Å²) in [4.78, 5) is 26.1.